The summed E-state index contributed by atoms with van der Waals surface area (Å²) in [5, 5.41) is 8.18. The number of thiophene rings is 1. The third-order valence-electron chi connectivity index (χ3n) is 2.49. The van der Waals surface area contributed by atoms with E-state index < -0.39 is 0 Å². The van der Waals surface area contributed by atoms with E-state index in [9.17, 15) is 4.79 Å². The molecule has 1 saturated heterocycles. The smallest absolute Gasteiger partial charge is 0.224 e. The van der Waals surface area contributed by atoms with Gasteiger partial charge in [-0.3, -0.25) is 4.79 Å². The zero-order valence-corrected chi connectivity index (χ0v) is 10.7. The van der Waals surface area contributed by atoms with Crippen LogP contribution in [0.2, 0.25) is 0 Å². The van der Waals surface area contributed by atoms with Crippen molar-refractivity contribution >= 4 is 33.2 Å². The summed E-state index contributed by atoms with van der Waals surface area (Å²) >= 11 is 5.05. The molecule has 0 bridgehead atoms. The molecule has 2 heterocycles. The van der Waals surface area contributed by atoms with Crippen molar-refractivity contribution in [2.75, 3.05) is 13.1 Å². The normalized spacial score (nSPS) is 20.5. The van der Waals surface area contributed by atoms with Gasteiger partial charge >= 0.3 is 0 Å². The van der Waals surface area contributed by atoms with Gasteiger partial charge in [-0.15, -0.1) is 11.3 Å². The van der Waals surface area contributed by atoms with E-state index in [2.05, 4.69) is 26.6 Å². The summed E-state index contributed by atoms with van der Waals surface area (Å²) < 4.78 is 1.08. The number of carbonyl (C=O) groups excluding carboxylic acids is 1. The number of nitrogens with one attached hydrogen (secondary N) is 2. The topological polar surface area (TPSA) is 41.1 Å². The van der Waals surface area contributed by atoms with Crippen molar-refractivity contribution < 1.29 is 4.79 Å². The van der Waals surface area contributed by atoms with E-state index in [-0.39, 0.29) is 11.8 Å². The van der Waals surface area contributed by atoms with Gasteiger partial charge in [-0.1, -0.05) is 0 Å². The van der Waals surface area contributed by atoms with Crippen LogP contribution in [0.15, 0.2) is 15.9 Å². The van der Waals surface area contributed by atoms with Crippen LogP contribution in [-0.2, 0) is 11.3 Å². The van der Waals surface area contributed by atoms with Crippen molar-refractivity contribution in [3.8, 4) is 0 Å². The molecule has 1 aliphatic rings. The van der Waals surface area contributed by atoms with E-state index in [4.69, 9.17) is 0 Å². The summed E-state index contributed by atoms with van der Waals surface area (Å²) in [7, 11) is 0. The van der Waals surface area contributed by atoms with Gasteiger partial charge in [0.1, 0.15) is 0 Å². The van der Waals surface area contributed by atoms with Crippen LogP contribution in [0.3, 0.4) is 0 Å². The number of amides is 1. The van der Waals surface area contributed by atoms with Crippen LogP contribution in [0.1, 0.15) is 11.3 Å². The molecular weight excluding hydrogens is 276 g/mol. The first-order valence-electron chi connectivity index (χ1n) is 4.97. The summed E-state index contributed by atoms with van der Waals surface area (Å²) in [6.07, 6.45) is 0.958. The minimum absolute atomic E-state index is 0.161. The standard InChI is InChI=1S/C10H13BrN2OS/c11-8-3-9(15-6-8)5-13-10(14)7-1-2-12-4-7/h3,6-7,12H,1-2,4-5H2,(H,13,14)/t7-/m1/s1. The van der Waals surface area contributed by atoms with Gasteiger partial charge in [-0.2, -0.15) is 0 Å². The molecule has 0 spiro atoms. The molecular formula is C10H13BrN2OS. The molecule has 1 aliphatic heterocycles. The molecule has 15 heavy (non-hydrogen) atoms. The fraction of sp³-hybridized carbons (Fsp3) is 0.500. The Kier molecular flexibility index (Phi) is 3.77. The Balaban J connectivity index is 1.80. The monoisotopic (exact) mass is 288 g/mol. The summed E-state index contributed by atoms with van der Waals surface area (Å²) in [4.78, 5) is 12.8. The first kappa shape index (κ1) is 11.1. The van der Waals surface area contributed by atoms with Crippen molar-refractivity contribution in [2.24, 2.45) is 5.92 Å². The molecule has 1 amide bonds. The molecule has 3 nitrogen and oxygen atoms in total. The predicted molar refractivity (Wildman–Crippen MR) is 64.8 cm³/mol. The van der Waals surface area contributed by atoms with Crippen LogP contribution < -0.4 is 10.6 Å². The summed E-state index contributed by atoms with van der Waals surface area (Å²) in [5.74, 6) is 0.331. The number of rotatable bonds is 3. The average molecular weight is 289 g/mol. The lowest BCUT2D eigenvalue weighted by molar-refractivity contribution is -0.124. The maximum absolute atomic E-state index is 11.7. The minimum Gasteiger partial charge on any atom is -0.351 e. The van der Waals surface area contributed by atoms with E-state index in [1.807, 2.05) is 11.4 Å². The van der Waals surface area contributed by atoms with Gasteiger partial charge in [0, 0.05) is 21.3 Å². The third-order valence-corrected chi connectivity index (χ3v) is 4.19. The highest BCUT2D eigenvalue weighted by Gasteiger charge is 2.21. The second-order valence-electron chi connectivity index (χ2n) is 3.64. The van der Waals surface area contributed by atoms with Gasteiger partial charge in [0.05, 0.1) is 12.5 Å². The van der Waals surface area contributed by atoms with Crippen molar-refractivity contribution in [3.05, 3.63) is 20.8 Å². The molecule has 1 aromatic rings. The number of hydrogen-bond acceptors (Lipinski definition) is 3. The van der Waals surface area contributed by atoms with Crippen LogP contribution in [0.5, 0.6) is 0 Å². The van der Waals surface area contributed by atoms with Gasteiger partial charge in [0.15, 0.2) is 0 Å². The van der Waals surface area contributed by atoms with E-state index in [1.54, 1.807) is 11.3 Å². The number of hydrogen-bond donors (Lipinski definition) is 2. The maximum atomic E-state index is 11.7. The summed E-state index contributed by atoms with van der Waals surface area (Å²) in [6, 6.07) is 2.04. The minimum atomic E-state index is 0.161. The number of halogens is 1. The summed E-state index contributed by atoms with van der Waals surface area (Å²) in [6.45, 7) is 2.42. The molecule has 2 N–H and O–H groups in total. The molecule has 1 atom stereocenters. The zero-order chi connectivity index (χ0) is 10.7. The maximum Gasteiger partial charge on any atom is 0.224 e. The molecule has 0 radical (unpaired) electrons. The van der Waals surface area contributed by atoms with Gasteiger partial charge in [-0.25, -0.2) is 0 Å². The predicted octanol–water partition coefficient (Wildman–Crippen LogP) is 1.74. The van der Waals surface area contributed by atoms with Gasteiger partial charge in [0.2, 0.25) is 5.91 Å². The Labute approximate surface area is 101 Å². The fourth-order valence-electron chi connectivity index (χ4n) is 1.64. The van der Waals surface area contributed by atoms with Gasteiger partial charge < -0.3 is 10.6 Å². The Bertz CT molecular complexity index is 347. The van der Waals surface area contributed by atoms with Crippen molar-refractivity contribution in [3.63, 3.8) is 0 Å². The van der Waals surface area contributed by atoms with Gasteiger partial charge in [0.25, 0.3) is 0 Å². The molecule has 0 aromatic carbocycles. The SMILES string of the molecule is O=C(NCc1cc(Br)cs1)[C@@H]1CCNC1. The molecule has 1 aromatic heterocycles. The summed E-state index contributed by atoms with van der Waals surface area (Å²) in [5.41, 5.74) is 0. The molecule has 5 heteroatoms. The fourth-order valence-corrected chi connectivity index (χ4v) is 3.03. The quantitative estimate of drug-likeness (QED) is 0.890. The highest BCUT2D eigenvalue weighted by atomic mass is 79.9. The zero-order valence-electron chi connectivity index (χ0n) is 8.25. The van der Waals surface area contributed by atoms with Crippen molar-refractivity contribution in [2.45, 2.75) is 13.0 Å². The third kappa shape index (κ3) is 3.03. The van der Waals surface area contributed by atoms with E-state index >= 15 is 0 Å². The highest BCUT2D eigenvalue weighted by molar-refractivity contribution is 9.10. The molecule has 0 saturated carbocycles. The van der Waals surface area contributed by atoms with Gasteiger partial charge in [-0.05, 0) is 35.0 Å². The molecule has 82 valence electrons. The second-order valence-corrected chi connectivity index (χ2v) is 5.55. The van der Waals surface area contributed by atoms with Crippen LogP contribution in [0.4, 0.5) is 0 Å². The first-order valence-corrected chi connectivity index (χ1v) is 6.64. The Hall–Kier alpha value is -0.390. The Morgan fingerprint density at radius 1 is 1.73 bits per heavy atom. The van der Waals surface area contributed by atoms with E-state index in [1.165, 1.54) is 4.88 Å². The lowest BCUT2D eigenvalue weighted by Crippen LogP contribution is -2.31. The second kappa shape index (κ2) is 5.09. The van der Waals surface area contributed by atoms with Crippen LogP contribution in [0, 0.1) is 5.92 Å². The molecule has 2 rings (SSSR count). The first-order chi connectivity index (χ1) is 7.25. The molecule has 0 unspecified atom stereocenters. The van der Waals surface area contributed by atoms with Crippen molar-refractivity contribution in [1.82, 2.24) is 10.6 Å². The van der Waals surface area contributed by atoms with Crippen LogP contribution in [0.25, 0.3) is 0 Å². The van der Waals surface area contributed by atoms with Crippen molar-refractivity contribution in [1.29, 1.82) is 0 Å². The average Bonchev–Trinajstić information content (AvgIpc) is 2.84. The lowest BCUT2D eigenvalue weighted by atomic mass is 10.1. The largest absolute Gasteiger partial charge is 0.351 e. The number of carbonyl (C=O) groups is 1. The Morgan fingerprint density at radius 3 is 3.20 bits per heavy atom. The molecule has 0 aliphatic carbocycles. The van der Waals surface area contributed by atoms with Crippen LogP contribution >= 0.6 is 27.3 Å². The van der Waals surface area contributed by atoms with E-state index in [0.29, 0.717) is 6.54 Å². The molecule has 1 fully saturated rings. The Morgan fingerprint density at radius 2 is 2.60 bits per heavy atom. The van der Waals surface area contributed by atoms with E-state index in [0.717, 1.165) is 24.0 Å². The highest BCUT2D eigenvalue weighted by Crippen LogP contribution is 2.19. The lowest BCUT2D eigenvalue weighted by Gasteiger charge is -2.08. The van der Waals surface area contributed by atoms with Crippen LogP contribution in [-0.4, -0.2) is 19.0 Å².